The van der Waals surface area contributed by atoms with E-state index in [9.17, 15) is 4.79 Å². The highest BCUT2D eigenvalue weighted by Gasteiger charge is 2.73. The largest absolute Gasteiger partial charge is 0.299 e. The fourth-order valence-electron chi connectivity index (χ4n) is 3.91. The molecule has 0 bridgehead atoms. The van der Waals surface area contributed by atoms with Crippen molar-refractivity contribution in [3.8, 4) is 0 Å². The molecule has 0 amide bonds. The van der Waals surface area contributed by atoms with Gasteiger partial charge in [-0.3, -0.25) is 4.79 Å². The first-order valence-electron chi connectivity index (χ1n) is 4.59. The van der Waals surface area contributed by atoms with Crippen LogP contribution in [0.5, 0.6) is 0 Å². The average molecular weight is 146 g/mol. The first kappa shape index (κ1) is 5.13. The molecule has 0 spiro atoms. The molecule has 3 fully saturated rings. The first-order valence-corrected chi connectivity index (χ1v) is 4.59. The van der Waals surface area contributed by atoms with Gasteiger partial charge in [-0.1, -0.05) is 12.2 Å². The van der Waals surface area contributed by atoms with Gasteiger partial charge in [0.1, 0.15) is 5.78 Å². The van der Waals surface area contributed by atoms with Crippen molar-refractivity contribution in [1.29, 1.82) is 0 Å². The van der Waals surface area contributed by atoms with Gasteiger partial charge in [0.15, 0.2) is 0 Å². The zero-order valence-electron chi connectivity index (χ0n) is 6.23. The molecule has 0 saturated heterocycles. The standard InChI is InChI=1S/C10H10O/c11-7-3-6-4-1-2-5(4)8-9(6)10(7)8/h1-2,4-6,8-10H,3H2. The van der Waals surface area contributed by atoms with E-state index in [1.54, 1.807) is 0 Å². The highest BCUT2D eigenvalue weighted by molar-refractivity contribution is 5.89. The Labute approximate surface area is 65.5 Å². The maximum atomic E-state index is 11.4. The monoisotopic (exact) mass is 146 g/mol. The van der Waals surface area contributed by atoms with E-state index < -0.39 is 0 Å². The number of carbonyl (C=O) groups is 1. The molecule has 11 heavy (non-hydrogen) atoms. The van der Waals surface area contributed by atoms with Crippen molar-refractivity contribution in [3.05, 3.63) is 12.2 Å². The summed E-state index contributed by atoms with van der Waals surface area (Å²) in [6.45, 7) is 0. The van der Waals surface area contributed by atoms with Crippen molar-refractivity contribution >= 4 is 5.78 Å². The van der Waals surface area contributed by atoms with Gasteiger partial charge >= 0.3 is 0 Å². The topological polar surface area (TPSA) is 17.1 Å². The third kappa shape index (κ3) is 0.350. The van der Waals surface area contributed by atoms with Crippen LogP contribution in [0.1, 0.15) is 6.42 Å². The summed E-state index contributed by atoms with van der Waals surface area (Å²) >= 11 is 0. The lowest BCUT2D eigenvalue weighted by molar-refractivity contribution is -0.119. The summed E-state index contributed by atoms with van der Waals surface area (Å²) in [6, 6.07) is 0. The summed E-state index contributed by atoms with van der Waals surface area (Å²) in [4.78, 5) is 11.4. The average Bonchev–Trinajstić information content (AvgIpc) is 2.44. The molecule has 6 unspecified atom stereocenters. The molecule has 1 heteroatoms. The van der Waals surface area contributed by atoms with Crippen molar-refractivity contribution in [2.45, 2.75) is 6.42 Å². The van der Waals surface area contributed by atoms with Crippen LogP contribution in [0.3, 0.4) is 0 Å². The Morgan fingerprint density at radius 2 is 2.00 bits per heavy atom. The smallest absolute Gasteiger partial charge is 0.136 e. The van der Waals surface area contributed by atoms with Crippen LogP contribution in [0.4, 0.5) is 0 Å². The first-order chi connectivity index (χ1) is 5.38. The molecule has 3 saturated carbocycles. The van der Waals surface area contributed by atoms with E-state index in [0.717, 1.165) is 36.0 Å². The molecule has 6 atom stereocenters. The quantitative estimate of drug-likeness (QED) is 0.470. The van der Waals surface area contributed by atoms with E-state index in [4.69, 9.17) is 0 Å². The maximum Gasteiger partial charge on any atom is 0.136 e. The second kappa shape index (κ2) is 1.21. The number of fused-ring (bicyclic) bond motifs is 4. The van der Waals surface area contributed by atoms with Gasteiger partial charge in [0.25, 0.3) is 0 Å². The van der Waals surface area contributed by atoms with Gasteiger partial charge < -0.3 is 0 Å². The van der Waals surface area contributed by atoms with Crippen LogP contribution in [-0.4, -0.2) is 5.78 Å². The van der Waals surface area contributed by atoms with Crippen LogP contribution in [-0.2, 0) is 4.79 Å². The Bertz CT molecular complexity index is 283. The third-order valence-corrected chi connectivity index (χ3v) is 4.37. The molecule has 1 nitrogen and oxygen atoms in total. The van der Waals surface area contributed by atoms with Crippen molar-refractivity contribution in [3.63, 3.8) is 0 Å². The molecule has 0 aromatic rings. The Kier molecular flexibility index (Phi) is 0.566. The summed E-state index contributed by atoms with van der Waals surface area (Å²) in [5.41, 5.74) is 0. The molecule has 0 aromatic carbocycles. The molecule has 4 aliphatic carbocycles. The number of allylic oxidation sites excluding steroid dienone is 2. The van der Waals surface area contributed by atoms with Crippen LogP contribution in [0.15, 0.2) is 12.2 Å². The molecule has 4 aliphatic rings. The van der Waals surface area contributed by atoms with Crippen LogP contribution >= 0.6 is 0 Å². The van der Waals surface area contributed by atoms with Crippen LogP contribution in [0, 0.1) is 35.5 Å². The van der Waals surface area contributed by atoms with Gasteiger partial charge in [-0.05, 0) is 29.6 Å². The van der Waals surface area contributed by atoms with Crippen LogP contribution in [0.25, 0.3) is 0 Å². The van der Waals surface area contributed by atoms with E-state index in [-0.39, 0.29) is 0 Å². The van der Waals surface area contributed by atoms with E-state index in [1.165, 1.54) is 0 Å². The number of ketones is 1. The van der Waals surface area contributed by atoms with E-state index in [2.05, 4.69) is 12.2 Å². The van der Waals surface area contributed by atoms with Crippen molar-refractivity contribution in [2.75, 3.05) is 0 Å². The van der Waals surface area contributed by atoms with Crippen LogP contribution < -0.4 is 0 Å². The zero-order valence-corrected chi connectivity index (χ0v) is 6.23. The number of rotatable bonds is 0. The predicted molar refractivity (Wildman–Crippen MR) is 39.7 cm³/mol. The van der Waals surface area contributed by atoms with Crippen LogP contribution in [0.2, 0.25) is 0 Å². The molecule has 0 heterocycles. The van der Waals surface area contributed by atoms with E-state index in [0.29, 0.717) is 11.7 Å². The van der Waals surface area contributed by atoms with Crippen molar-refractivity contribution in [2.24, 2.45) is 35.5 Å². The lowest BCUT2D eigenvalue weighted by Gasteiger charge is -2.27. The summed E-state index contributed by atoms with van der Waals surface area (Å²) in [6.07, 6.45) is 5.58. The van der Waals surface area contributed by atoms with Crippen molar-refractivity contribution < 1.29 is 4.79 Å². The minimum atomic E-state index is 0.534. The lowest BCUT2D eigenvalue weighted by atomic mass is 9.77. The van der Waals surface area contributed by atoms with E-state index in [1.807, 2.05) is 0 Å². The summed E-state index contributed by atoms with van der Waals surface area (Å²) in [5.74, 6) is 5.22. The van der Waals surface area contributed by atoms with Gasteiger partial charge in [0.2, 0.25) is 0 Å². The molecule has 56 valence electrons. The zero-order chi connectivity index (χ0) is 7.16. The highest BCUT2D eigenvalue weighted by Crippen LogP contribution is 2.73. The normalized spacial score (nSPS) is 67.5. The van der Waals surface area contributed by atoms with Crippen molar-refractivity contribution in [1.82, 2.24) is 0 Å². The number of carbonyl (C=O) groups excluding carboxylic acids is 1. The van der Waals surface area contributed by atoms with Gasteiger partial charge in [-0.2, -0.15) is 0 Å². The molecule has 0 aromatic heterocycles. The number of hydrogen-bond donors (Lipinski definition) is 0. The van der Waals surface area contributed by atoms with Gasteiger partial charge in [0.05, 0.1) is 0 Å². The number of Topliss-reactive ketones (excluding diaryl/α,β-unsaturated/α-hetero) is 1. The summed E-state index contributed by atoms with van der Waals surface area (Å²) in [5, 5.41) is 0. The molecular weight excluding hydrogens is 136 g/mol. The minimum Gasteiger partial charge on any atom is -0.299 e. The van der Waals surface area contributed by atoms with Gasteiger partial charge in [0, 0.05) is 12.3 Å². The second-order valence-corrected chi connectivity index (χ2v) is 4.55. The Hall–Kier alpha value is -0.590. The molecule has 0 N–H and O–H groups in total. The fraction of sp³-hybridized carbons (Fsp3) is 0.700. The molecular formula is C10H10O. The number of hydrogen-bond acceptors (Lipinski definition) is 1. The predicted octanol–water partition coefficient (Wildman–Crippen LogP) is 1.25. The molecule has 0 radical (unpaired) electrons. The lowest BCUT2D eigenvalue weighted by Crippen LogP contribution is -2.21. The SMILES string of the molecule is O=C1CC2C3C=CC3C3C1C23. The van der Waals surface area contributed by atoms with Gasteiger partial charge in [-0.25, -0.2) is 0 Å². The highest BCUT2D eigenvalue weighted by atomic mass is 16.1. The fourth-order valence-corrected chi connectivity index (χ4v) is 3.91. The Balaban J connectivity index is 1.88. The Morgan fingerprint density at radius 1 is 1.18 bits per heavy atom. The second-order valence-electron chi connectivity index (χ2n) is 4.55. The summed E-state index contributed by atoms with van der Waals surface area (Å²) < 4.78 is 0. The molecule has 4 rings (SSSR count). The maximum absolute atomic E-state index is 11.4. The molecule has 0 aliphatic heterocycles. The third-order valence-electron chi connectivity index (χ3n) is 4.37. The van der Waals surface area contributed by atoms with E-state index >= 15 is 0 Å². The summed E-state index contributed by atoms with van der Waals surface area (Å²) in [7, 11) is 0. The Morgan fingerprint density at radius 3 is 2.64 bits per heavy atom. The van der Waals surface area contributed by atoms with Gasteiger partial charge in [-0.15, -0.1) is 0 Å². The minimum absolute atomic E-state index is 0.534.